The van der Waals surface area contributed by atoms with E-state index in [1.54, 1.807) is 6.07 Å². The van der Waals surface area contributed by atoms with Crippen LogP contribution >= 0.6 is 0 Å². The number of aryl methyl sites for hydroxylation is 1. The van der Waals surface area contributed by atoms with E-state index >= 15 is 0 Å². The predicted molar refractivity (Wildman–Crippen MR) is 68.8 cm³/mol. The fourth-order valence-electron chi connectivity index (χ4n) is 2.02. The maximum Gasteiger partial charge on any atom is 0.116 e. The van der Waals surface area contributed by atoms with Gasteiger partial charge in [-0.1, -0.05) is 44.0 Å². The summed E-state index contributed by atoms with van der Waals surface area (Å²) in [6.45, 7) is 2.22. The van der Waals surface area contributed by atoms with Crippen LogP contribution in [-0.2, 0) is 6.42 Å². The largest absolute Gasteiger partial charge is 0.508 e. The van der Waals surface area contributed by atoms with Crippen molar-refractivity contribution in [1.82, 2.24) is 0 Å². The second-order valence-corrected chi connectivity index (χ2v) is 4.32. The molecule has 0 radical (unpaired) electrons. The molecule has 0 heterocycles. The zero-order valence-corrected chi connectivity index (χ0v) is 9.74. The van der Waals surface area contributed by atoms with Gasteiger partial charge in [-0.3, -0.25) is 0 Å². The SMILES string of the molecule is CCCCCc1ccc2ccc(O)cc2c1. The molecule has 0 amide bonds. The van der Waals surface area contributed by atoms with E-state index in [0.29, 0.717) is 5.75 Å². The molecule has 0 aromatic heterocycles. The van der Waals surface area contributed by atoms with Crippen molar-refractivity contribution in [3.05, 3.63) is 42.0 Å². The Labute approximate surface area is 96.7 Å². The fourth-order valence-corrected chi connectivity index (χ4v) is 2.02. The molecule has 0 saturated heterocycles. The van der Waals surface area contributed by atoms with Crippen LogP contribution < -0.4 is 0 Å². The Kier molecular flexibility index (Phi) is 3.45. The van der Waals surface area contributed by atoms with E-state index in [4.69, 9.17) is 0 Å². The average Bonchev–Trinajstić information content (AvgIpc) is 2.29. The highest BCUT2D eigenvalue weighted by Gasteiger charge is 1.98. The zero-order valence-electron chi connectivity index (χ0n) is 9.74. The van der Waals surface area contributed by atoms with Crippen molar-refractivity contribution >= 4 is 10.8 Å². The topological polar surface area (TPSA) is 20.2 Å². The van der Waals surface area contributed by atoms with Crippen LogP contribution in [0.1, 0.15) is 31.7 Å². The van der Waals surface area contributed by atoms with Crippen molar-refractivity contribution in [2.24, 2.45) is 0 Å². The lowest BCUT2D eigenvalue weighted by molar-refractivity contribution is 0.476. The van der Waals surface area contributed by atoms with Crippen LogP contribution in [0, 0.1) is 0 Å². The molecule has 16 heavy (non-hydrogen) atoms. The molecular formula is C15H18O. The summed E-state index contributed by atoms with van der Waals surface area (Å²) >= 11 is 0. The van der Waals surface area contributed by atoms with Gasteiger partial charge in [0.25, 0.3) is 0 Å². The van der Waals surface area contributed by atoms with E-state index in [9.17, 15) is 5.11 Å². The second-order valence-electron chi connectivity index (χ2n) is 4.32. The highest BCUT2D eigenvalue weighted by atomic mass is 16.3. The first kappa shape index (κ1) is 11.0. The number of hydrogen-bond donors (Lipinski definition) is 1. The normalized spacial score (nSPS) is 10.8. The minimum Gasteiger partial charge on any atom is -0.508 e. The summed E-state index contributed by atoms with van der Waals surface area (Å²) in [7, 11) is 0. The van der Waals surface area contributed by atoms with Gasteiger partial charge >= 0.3 is 0 Å². The molecule has 0 fully saturated rings. The van der Waals surface area contributed by atoms with Crippen LogP contribution in [-0.4, -0.2) is 5.11 Å². The van der Waals surface area contributed by atoms with Crippen LogP contribution in [0.4, 0.5) is 0 Å². The van der Waals surface area contributed by atoms with E-state index in [2.05, 4.69) is 25.1 Å². The van der Waals surface area contributed by atoms with Gasteiger partial charge in [0.05, 0.1) is 0 Å². The standard InChI is InChI=1S/C15H18O/c1-2-3-4-5-12-6-7-13-8-9-15(16)11-14(13)10-12/h6-11,16H,2-5H2,1H3. The number of hydrogen-bond acceptors (Lipinski definition) is 1. The summed E-state index contributed by atoms with van der Waals surface area (Å²) < 4.78 is 0. The third kappa shape index (κ3) is 2.54. The van der Waals surface area contributed by atoms with Crippen molar-refractivity contribution in [1.29, 1.82) is 0 Å². The molecule has 84 valence electrons. The summed E-state index contributed by atoms with van der Waals surface area (Å²) in [6.07, 6.45) is 4.94. The molecule has 0 spiro atoms. The first-order chi connectivity index (χ1) is 7.79. The predicted octanol–water partition coefficient (Wildman–Crippen LogP) is 4.28. The summed E-state index contributed by atoms with van der Waals surface area (Å²) in [4.78, 5) is 0. The summed E-state index contributed by atoms with van der Waals surface area (Å²) in [5, 5.41) is 11.8. The Hall–Kier alpha value is -1.50. The lowest BCUT2D eigenvalue weighted by Crippen LogP contribution is -1.85. The number of fused-ring (bicyclic) bond motifs is 1. The van der Waals surface area contributed by atoms with Gasteiger partial charge in [0, 0.05) is 0 Å². The molecule has 1 nitrogen and oxygen atoms in total. The molecule has 2 aromatic carbocycles. The molecule has 0 saturated carbocycles. The summed E-state index contributed by atoms with van der Waals surface area (Å²) in [5.41, 5.74) is 1.37. The van der Waals surface area contributed by atoms with Gasteiger partial charge < -0.3 is 5.11 Å². The Morgan fingerprint density at radius 3 is 2.56 bits per heavy atom. The minimum atomic E-state index is 0.346. The maximum absolute atomic E-state index is 9.44. The van der Waals surface area contributed by atoms with E-state index in [1.807, 2.05) is 12.1 Å². The van der Waals surface area contributed by atoms with Gasteiger partial charge in [-0.2, -0.15) is 0 Å². The van der Waals surface area contributed by atoms with Gasteiger partial charge in [0.1, 0.15) is 5.75 Å². The second kappa shape index (κ2) is 5.02. The molecule has 0 bridgehead atoms. The first-order valence-electron chi connectivity index (χ1n) is 6.01. The van der Waals surface area contributed by atoms with Gasteiger partial charge in [0.15, 0.2) is 0 Å². The zero-order chi connectivity index (χ0) is 11.4. The highest BCUT2D eigenvalue weighted by Crippen LogP contribution is 2.21. The number of phenols is 1. The van der Waals surface area contributed by atoms with E-state index in [0.717, 1.165) is 11.8 Å². The van der Waals surface area contributed by atoms with Crippen LogP contribution in [0.5, 0.6) is 5.75 Å². The number of unbranched alkanes of at least 4 members (excludes halogenated alkanes) is 2. The van der Waals surface area contributed by atoms with Crippen molar-refractivity contribution < 1.29 is 5.11 Å². The number of phenolic OH excluding ortho intramolecular Hbond substituents is 1. The summed E-state index contributed by atoms with van der Waals surface area (Å²) in [6, 6.07) is 12.0. The number of benzene rings is 2. The fraction of sp³-hybridized carbons (Fsp3) is 0.333. The third-order valence-electron chi connectivity index (χ3n) is 2.96. The van der Waals surface area contributed by atoms with Crippen LogP contribution in [0.3, 0.4) is 0 Å². The van der Waals surface area contributed by atoms with Crippen LogP contribution in [0.15, 0.2) is 36.4 Å². The Morgan fingerprint density at radius 2 is 1.75 bits per heavy atom. The Bertz CT molecular complexity index is 474. The Morgan fingerprint density at radius 1 is 0.938 bits per heavy atom. The average molecular weight is 214 g/mol. The molecule has 0 unspecified atom stereocenters. The minimum absolute atomic E-state index is 0.346. The van der Waals surface area contributed by atoms with Crippen LogP contribution in [0.25, 0.3) is 10.8 Å². The highest BCUT2D eigenvalue weighted by molar-refractivity contribution is 5.84. The van der Waals surface area contributed by atoms with Gasteiger partial charge in [-0.05, 0) is 41.3 Å². The van der Waals surface area contributed by atoms with E-state index in [-0.39, 0.29) is 0 Å². The van der Waals surface area contributed by atoms with Crippen molar-refractivity contribution in [3.63, 3.8) is 0 Å². The van der Waals surface area contributed by atoms with E-state index in [1.165, 1.54) is 30.2 Å². The van der Waals surface area contributed by atoms with Gasteiger partial charge in [-0.15, -0.1) is 0 Å². The van der Waals surface area contributed by atoms with Crippen molar-refractivity contribution in [3.8, 4) is 5.75 Å². The third-order valence-corrected chi connectivity index (χ3v) is 2.96. The molecular weight excluding hydrogens is 196 g/mol. The quantitative estimate of drug-likeness (QED) is 0.753. The monoisotopic (exact) mass is 214 g/mol. The van der Waals surface area contributed by atoms with E-state index < -0.39 is 0 Å². The molecule has 0 aliphatic heterocycles. The molecule has 2 rings (SSSR count). The smallest absolute Gasteiger partial charge is 0.116 e. The molecule has 1 heteroatoms. The van der Waals surface area contributed by atoms with Gasteiger partial charge in [-0.25, -0.2) is 0 Å². The van der Waals surface area contributed by atoms with Crippen molar-refractivity contribution in [2.75, 3.05) is 0 Å². The lowest BCUT2D eigenvalue weighted by atomic mass is 10.0. The van der Waals surface area contributed by atoms with Crippen LogP contribution in [0.2, 0.25) is 0 Å². The summed E-state index contributed by atoms with van der Waals surface area (Å²) in [5.74, 6) is 0.346. The molecule has 1 N–H and O–H groups in total. The molecule has 0 aliphatic rings. The Balaban J connectivity index is 2.21. The number of rotatable bonds is 4. The van der Waals surface area contributed by atoms with Gasteiger partial charge in [0.2, 0.25) is 0 Å². The molecule has 2 aromatic rings. The molecule has 0 aliphatic carbocycles. The first-order valence-corrected chi connectivity index (χ1v) is 6.01. The maximum atomic E-state index is 9.44. The number of aromatic hydroxyl groups is 1. The molecule has 0 atom stereocenters. The van der Waals surface area contributed by atoms with Crippen molar-refractivity contribution in [2.45, 2.75) is 32.6 Å². The lowest BCUT2D eigenvalue weighted by Gasteiger charge is -2.04.